The minimum atomic E-state index is -0.337. The molecule has 0 unspecified atom stereocenters. The molecule has 3 aromatic carbocycles. The SMILES string of the molecule is CC(C)(C)c1cc(-c2nccc3c2sc2ccc4occc4c23)[c-]c2ccccc12.CCC(C)(CC)C(=O)/C=C(\O)C(C)(CC)CC.[Ir]. The topological polar surface area (TPSA) is 63.3 Å². The smallest absolute Gasteiger partial charge is 0.164 e. The van der Waals surface area contributed by atoms with Crippen LogP contribution in [-0.2, 0) is 30.3 Å². The summed E-state index contributed by atoms with van der Waals surface area (Å²) in [6.45, 7) is 18.9. The molecule has 0 atom stereocenters. The van der Waals surface area contributed by atoms with Gasteiger partial charge in [0.05, 0.1) is 6.26 Å². The molecule has 0 aliphatic rings. The molecule has 0 fully saturated rings. The van der Waals surface area contributed by atoms with Crippen LogP contribution in [-0.4, -0.2) is 15.9 Å². The van der Waals surface area contributed by atoms with Crippen molar-refractivity contribution in [1.29, 1.82) is 0 Å². The standard InChI is InChI=1S/C27H20NOS.C15H28O2.Ir/c1-27(2,3)21-15-17(14-16-6-4-5-7-18(16)21)25-26-20(10-12-28-25)24-19-11-13-29-22(19)8-9-23(24)30-26;1-7-14(5,8-2)12(16)11-13(17)15(6,9-3)10-4;/h4-13,15H,1-3H3;11,16H,7-10H2,1-6H3;/q-1;;/b;12-11-;. The third-order valence-electron chi connectivity index (χ3n) is 10.4. The minimum Gasteiger partial charge on any atom is -0.512 e. The first-order valence-corrected chi connectivity index (χ1v) is 17.7. The normalized spacial score (nSPS) is 12.7. The zero-order valence-electron chi connectivity index (χ0n) is 29.7. The maximum Gasteiger partial charge on any atom is 0.164 e. The molecule has 0 spiro atoms. The van der Waals surface area contributed by atoms with Gasteiger partial charge in [0.25, 0.3) is 0 Å². The largest absolute Gasteiger partial charge is 0.512 e. The molecule has 255 valence electrons. The van der Waals surface area contributed by atoms with E-state index in [1.165, 1.54) is 37.2 Å². The van der Waals surface area contributed by atoms with Crippen molar-refractivity contribution in [3.05, 3.63) is 90.5 Å². The van der Waals surface area contributed by atoms with Gasteiger partial charge in [-0.05, 0) is 60.7 Å². The van der Waals surface area contributed by atoms with E-state index in [1.54, 1.807) is 17.6 Å². The van der Waals surface area contributed by atoms with Crippen LogP contribution < -0.4 is 0 Å². The number of thiophene rings is 1. The van der Waals surface area contributed by atoms with E-state index in [1.807, 2.05) is 47.7 Å². The quantitative estimate of drug-likeness (QED) is 0.0942. The molecule has 0 saturated carbocycles. The average Bonchev–Trinajstić information content (AvgIpc) is 3.71. The molecule has 0 aliphatic heterocycles. The Kier molecular flexibility index (Phi) is 11.5. The molecule has 0 bridgehead atoms. The van der Waals surface area contributed by atoms with E-state index >= 15 is 0 Å². The number of ketones is 1. The van der Waals surface area contributed by atoms with E-state index in [2.05, 4.69) is 81.4 Å². The zero-order chi connectivity index (χ0) is 34.1. The molecule has 0 amide bonds. The summed E-state index contributed by atoms with van der Waals surface area (Å²) in [6, 6.07) is 22.8. The first-order valence-electron chi connectivity index (χ1n) is 16.9. The number of hydrogen-bond donors (Lipinski definition) is 1. The fraction of sp³-hybridized carbons (Fsp3) is 0.381. The van der Waals surface area contributed by atoms with Gasteiger partial charge in [-0.1, -0.05) is 91.5 Å². The number of nitrogens with zero attached hydrogens (tertiary/aromatic N) is 1. The van der Waals surface area contributed by atoms with Crippen LogP contribution in [0, 0.1) is 16.9 Å². The molecule has 6 heteroatoms. The first-order chi connectivity index (χ1) is 22.3. The van der Waals surface area contributed by atoms with Crippen LogP contribution in [0.3, 0.4) is 0 Å². The Balaban J connectivity index is 0.000000251. The molecule has 3 heterocycles. The number of allylic oxidation sites excluding steroid dienone is 2. The van der Waals surface area contributed by atoms with Crippen LogP contribution >= 0.6 is 11.3 Å². The number of hydrogen-bond acceptors (Lipinski definition) is 5. The second-order valence-electron chi connectivity index (χ2n) is 14.2. The predicted molar refractivity (Wildman–Crippen MR) is 200 cm³/mol. The summed E-state index contributed by atoms with van der Waals surface area (Å²) in [6.07, 6.45) is 8.44. The van der Waals surface area contributed by atoms with Gasteiger partial charge in [-0.25, -0.2) is 0 Å². The van der Waals surface area contributed by atoms with E-state index in [4.69, 9.17) is 9.40 Å². The number of aliphatic hydroxyl groups is 1. The maximum absolute atomic E-state index is 12.2. The van der Waals surface area contributed by atoms with Crippen molar-refractivity contribution in [2.24, 2.45) is 10.8 Å². The van der Waals surface area contributed by atoms with Gasteiger partial charge in [0, 0.05) is 69.1 Å². The van der Waals surface area contributed by atoms with Crippen molar-refractivity contribution in [2.45, 2.75) is 93.4 Å². The van der Waals surface area contributed by atoms with Crippen molar-refractivity contribution in [3.8, 4) is 11.3 Å². The van der Waals surface area contributed by atoms with Crippen LogP contribution in [0.5, 0.6) is 0 Å². The van der Waals surface area contributed by atoms with E-state index in [-0.39, 0.29) is 47.9 Å². The number of rotatable bonds is 8. The Morgan fingerprint density at radius 2 is 1.54 bits per heavy atom. The number of carbonyl (C=O) groups excluding carboxylic acids is 1. The summed E-state index contributed by atoms with van der Waals surface area (Å²) in [7, 11) is 0. The molecule has 48 heavy (non-hydrogen) atoms. The molecular weight excluding hydrogens is 791 g/mol. The molecule has 6 rings (SSSR count). The summed E-state index contributed by atoms with van der Waals surface area (Å²) < 4.78 is 8.10. The van der Waals surface area contributed by atoms with Crippen LogP contribution in [0.4, 0.5) is 0 Å². The van der Waals surface area contributed by atoms with Crippen LogP contribution in [0.15, 0.2) is 83.3 Å². The van der Waals surface area contributed by atoms with Gasteiger partial charge in [-0.2, -0.15) is 0 Å². The molecule has 3 aromatic heterocycles. The van der Waals surface area contributed by atoms with Gasteiger partial charge in [0.15, 0.2) is 5.78 Å². The van der Waals surface area contributed by atoms with Gasteiger partial charge < -0.3 is 9.52 Å². The Hall–Kier alpha value is -3.31. The Morgan fingerprint density at radius 3 is 2.19 bits per heavy atom. The van der Waals surface area contributed by atoms with E-state index in [0.29, 0.717) is 0 Å². The third-order valence-corrected chi connectivity index (χ3v) is 11.6. The summed E-state index contributed by atoms with van der Waals surface area (Å²) in [5, 5.41) is 16.2. The molecule has 4 nitrogen and oxygen atoms in total. The number of carbonyl (C=O) groups is 1. The average molecular weight is 839 g/mol. The van der Waals surface area contributed by atoms with E-state index in [9.17, 15) is 9.90 Å². The third kappa shape index (κ3) is 7.04. The van der Waals surface area contributed by atoms with E-state index in [0.717, 1.165) is 53.3 Å². The summed E-state index contributed by atoms with van der Waals surface area (Å²) in [5.74, 6) is 0.286. The predicted octanol–water partition coefficient (Wildman–Crippen LogP) is 12.8. The number of benzene rings is 3. The Labute approximate surface area is 303 Å². The number of aliphatic hydroxyl groups excluding tert-OH is 1. The summed E-state index contributed by atoms with van der Waals surface area (Å²) >= 11 is 1.80. The molecular formula is C42H48IrNO3S-. The fourth-order valence-corrected chi connectivity index (χ4v) is 7.32. The monoisotopic (exact) mass is 839 g/mol. The van der Waals surface area contributed by atoms with Gasteiger partial charge in [-0.3, -0.25) is 9.78 Å². The Bertz CT molecular complexity index is 2090. The van der Waals surface area contributed by atoms with Crippen molar-refractivity contribution in [1.82, 2.24) is 4.98 Å². The van der Waals surface area contributed by atoms with Crippen LogP contribution in [0.25, 0.3) is 53.2 Å². The van der Waals surface area contributed by atoms with E-state index < -0.39 is 0 Å². The molecule has 6 aromatic rings. The van der Waals surface area contributed by atoms with Gasteiger partial charge in [0.2, 0.25) is 0 Å². The van der Waals surface area contributed by atoms with Gasteiger partial charge in [0.1, 0.15) is 11.3 Å². The molecule has 1 N–H and O–H groups in total. The van der Waals surface area contributed by atoms with Crippen molar-refractivity contribution < 1.29 is 34.4 Å². The zero-order valence-corrected chi connectivity index (χ0v) is 32.9. The van der Waals surface area contributed by atoms with Crippen molar-refractivity contribution in [2.75, 3.05) is 0 Å². The fourth-order valence-electron chi connectivity index (χ4n) is 6.10. The van der Waals surface area contributed by atoms with Crippen molar-refractivity contribution in [3.63, 3.8) is 0 Å². The first kappa shape index (κ1) is 37.5. The second kappa shape index (κ2) is 14.7. The second-order valence-corrected chi connectivity index (χ2v) is 15.3. The molecule has 0 aliphatic carbocycles. The van der Waals surface area contributed by atoms with Crippen molar-refractivity contribution >= 4 is 59.0 Å². The number of furan rings is 1. The number of pyridine rings is 1. The minimum absolute atomic E-state index is 0. The summed E-state index contributed by atoms with van der Waals surface area (Å²) in [4.78, 5) is 17.0. The Morgan fingerprint density at radius 1 is 0.875 bits per heavy atom. The van der Waals surface area contributed by atoms with Crippen LogP contribution in [0.1, 0.15) is 93.6 Å². The number of fused-ring (bicyclic) bond motifs is 6. The summed E-state index contributed by atoms with van der Waals surface area (Å²) in [5.41, 5.74) is 3.73. The van der Waals surface area contributed by atoms with Gasteiger partial charge >= 0.3 is 0 Å². The molecule has 1 radical (unpaired) electrons. The van der Waals surface area contributed by atoms with Crippen LogP contribution in [0.2, 0.25) is 0 Å². The number of aromatic nitrogens is 1. The molecule has 0 saturated heterocycles. The maximum atomic E-state index is 12.2. The van der Waals surface area contributed by atoms with Gasteiger partial charge in [-0.15, -0.1) is 40.5 Å².